The molecule has 1 N–H and O–H groups in total. The lowest BCUT2D eigenvalue weighted by Crippen LogP contribution is -2.41. The van der Waals surface area contributed by atoms with Crippen LogP contribution in [0.15, 0.2) is 18.2 Å². The zero-order chi connectivity index (χ0) is 19.3. The molecule has 0 amide bonds. The predicted octanol–water partition coefficient (Wildman–Crippen LogP) is -0.139. The Morgan fingerprint density at radius 2 is 1.64 bits per heavy atom. The highest BCUT2D eigenvalue weighted by Crippen LogP contribution is 2.28. The van der Waals surface area contributed by atoms with Crippen molar-refractivity contribution in [2.24, 2.45) is 0 Å². The number of ether oxygens (including phenoxy) is 2. The summed E-state index contributed by atoms with van der Waals surface area (Å²) in [4.78, 5) is 0. The molecule has 1 aromatic carbocycles. The highest BCUT2D eigenvalue weighted by molar-refractivity contribution is 7.88. The molecule has 0 atom stereocenters. The van der Waals surface area contributed by atoms with Crippen LogP contribution in [0.1, 0.15) is 5.56 Å². The molecule has 0 aromatic heterocycles. The SMILES string of the molecule is COc1ccc(CN(CCNS(=O)(=O)N(C)C)S(C)(=O)=O)cc1OC. The van der Waals surface area contributed by atoms with E-state index in [0.717, 1.165) is 10.6 Å². The van der Waals surface area contributed by atoms with Gasteiger partial charge in [0, 0.05) is 33.7 Å². The van der Waals surface area contributed by atoms with Gasteiger partial charge in [0.15, 0.2) is 11.5 Å². The second-order valence-electron chi connectivity index (χ2n) is 5.47. The van der Waals surface area contributed by atoms with Gasteiger partial charge in [-0.05, 0) is 17.7 Å². The summed E-state index contributed by atoms with van der Waals surface area (Å²) in [6.45, 7) is 0.0456. The molecule has 0 heterocycles. The van der Waals surface area contributed by atoms with E-state index in [0.29, 0.717) is 17.1 Å². The van der Waals surface area contributed by atoms with E-state index < -0.39 is 20.2 Å². The van der Waals surface area contributed by atoms with Gasteiger partial charge >= 0.3 is 0 Å². The molecule has 11 heteroatoms. The Labute approximate surface area is 149 Å². The van der Waals surface area contributed by atoms with Crippen LogP contribution in [0, 0.1) is 0 Å². The van der Waals surface area contributed by atoms with Crippen molar-refractivity contribution in [3.63, 3.8) is 0 Å². The summed E-state index contributed by atoms with van der Waals surface area (Å²) in [7, 11) is -1.35. The molecule has 0 unspecified atom stereocenters. The third-order valence-electron chi connectivity index (χ3n) is 3.40. The van der Waals surface area contributed by atoms with Gasteiger partial charge in [-0.2, -0.15) is 17.0 Å². The molecule has 0 aliphatic rings. The molecule has 0 saturated heterocycles. The molecule has 0 aliphatic heterocycles. The van der Waals surface area contributed by atoms with E-state index in [4.69, 9.17) is 9.47 Å². The quantitative estimate of drug-likeness (QED) is 0.591. The van der Waals surface area contributed by atoms with Crippen LogP contribution in [0.2, 0.25) is 0 Å². The third kappa shape index (κ3) is 6.44. The number of methoxy groups -OCH3 is 2. The summed E-state index contributed by atoms with van der Waals surface area (Å²) >= 11 is 0. The molecule has 0 bridgehead atoms. The summed E-state index contributed by atoms with van der Waals surface area (Å²) in [6, 6.07) is 5.09. The predicted molar refractivity (Wildman–Crippen MR) is 95.4 cm³/mol. The highest BCUT2D eigenvalue weighted by Gasteiger charge is 2.19. The monoisotopic (exact) mass is 395 g/mol. The van der Waals surface area contributed by atoms with Crippen molar-refractivity contribution in [1.82, 2.24) is 13.3 Å². The fourth-order valence-corrected chi connectivity index (χ4v) is 3.39. The fourth-order valence-electron chi connectivity index (χ4n) is 1.97. The van der Waals surface area contributed by atoms with Gasteiger partial charge in [-0.3, -0.25) is 0 Å². The smallest absolute Gasteiger partial charge is 0.278 e. The first-order valence-corrected chi connectivity index (χ1v) is 10.6. The van der Waals surface area contributed by atoms with Crippen LogP contribution in [0.25, 0.3) is 0 Å². The van der Waals surface area contributed by atoms with Crippen LogP contribution in [-0.2, 0) is 26.8 Å². The molecule has 0 saturated carbocycles. The van der Waals surface area contributed by atoms with Crippen LogP contribution in [-0.4, -0.2) is 73.1 Å². The van der Waals surface area contributed by atoms with Gasteiger partial charge in [0.2, 0.25) is 10.0 Å². The normalized spacial score (nSPS) is 12.6. The lowest BCUT2D eigenvalue weighted by atomic mass is 10.2. The maximum absolute atomic E-state index is 12.0. The second-order valence-corrected chi connectivity index (χ2v) is 9.42. The average molecular weight is 396 g/mol. The molecular weight excluding hydrogens is 370 g/mol. The fraction of sp³-hybridized carbons (Fsp3) is 0.571. The maximum Gasteiger partial charge on any atom is 0.278 e. The van der Waals surface area contributed by atoms with Gasteiger partial charge in [0.25, 0.3) is 10.2 Å². The van der Waals surface area contributed by atoms with Gasteiger partial charge in [-0.15, -0.1) is 0 Å². The number of benzene rings is 1. The van der Waals surface area contributed by atoms with Gasteiger partial charge < -0.3 is 9.47 Å². The molecule has 25 heavy (non-hydrogen) atoms. The van der Waals surface area contributed by atoms with Crippen LogP contribution in [0.4, 0.5) is 0 Å². The molecule has 1 rings (SSSR count). The minimum atomic E-state index is -3.61. The van der Waals surface area contributed by atoms with Gasteiger partial charge in [-0.25, -0.2) is 13.1 Å². The summed E-state index contributed by atoms with van der Waals surface area (Å²) < 4.78 is 62.2. The largest absolute Gasteiger partial charge is 0.493 e. The van der Waals surface area contributed by atoms with Gasteiger partial charge in [0.1, 0.15) is 0 Å². The number of rotatable bonds is 10. The summed E-state index contributed by atoms with van der Waals surface area (Å²) in [6.07, 6.45) is 1.08. The first-order chi connectivity index (χ1) is 11.5. The van der Waals surface area contributed by atoms with E-state index in [2.05, 4.69) is 4.72 Å². The van der Waals surface area contributed by atoms with Crippen LogP contribution in [0.5, 0.6) is 11.5 Å². The first-order valence-electron chi connectivity index (χ1n) is 7.34. The Morgan fingerprint density at radius 1 is 1.04 bits per heavy atom. The minimum Gasteiger partial charge on any atom is -0.493 e. The third-order valence-corrected chi connectivity index (χ3v) is 6.18. The van der Waals surface area contributed by atoms with E-state index in [1.807, 2.05) is 0 Å². The van der Waals surface area contributed by atoms with Crippen LogP contribution in [0.3, 0.4) is 0 Å². The molecule has 1 aromatic rings. The van der Waals surface area contributed by atoms with Crippen molar-refractivity contribution in [3.8, 4) is 11.5 Å². The van der Waals surface area contributed by atoms with Crippen LogP contribution < -0.4 is 14.2 Å². The van der Waals surface area contributed by atoms with Crippen molar-refractivity contribution in [2.45, 2.75) is 6.54 Å². The van der Waals surface area contributed by atoms with Crippen molar-refractivity contribution < 1.29 is 26.3 Å². The molecule has 9 nitrogen and oxygen atoms in total. The van der Waals surface area contributed by atoms with Crippen molar-refractivity contribution in [2.75, 3.05) is 47.7 Å². The topological polar surface area (TPSA) is 105 Å². The number of nitrogens with zero attached hydrogens (tertiary/aromatic N) is 2. The number of hydrogen-bond donors (Lipinski definition) is 1. The Hall–Kier alpha value is -1.40. The van der Waals surface area contributed by atoms with E-state index in [-0.39, 0.29) is 19.6 Å². The molecule has 0 radical (unpaired) electrons. The molecule has 0 aliphatic carbocycles. The van der Waals surface area contributed by atoms with Crippen molar-refractivity contribution >= 4 is 20.2 Å². The summed E-state index contributed by atoms with van der Waals surface area (Å²) in [5.74, 6) is 1.03. The molecule has 0 fully saturated rings. The van der Waals surface area contributed by atoms with E-state index in [1.54, 1.807) is 18.2 Å². The average Bonchev–Trinajstić information content (AvgIpc) is 2.52. The van der Waals surface area contributed by atoms with E-state index >= 15 is 0 Å². The molecular formula is C14H25N3O6S2. The van der Waals surface area contributed by atoms with E-state index in [9.17, 15) is 16.8 Å². The zero-order valence-corrected chi connectivity index (χ0v) is 16.6. The van der Waals surface area contributed by atoms with Crippen molar-refractivity contribution in [1.29, 1.82) is 0 Å². The number of hydrogen-bond acceptors (Lipinski definition) is 6. The maximum atomic E-state index is 12.0. The van der Waals surface area contributed by atoms with Crippen molar-refractivity contribution in [3.05, 3.63) is 23.8 Å². The standard InChI is InChI=1S/C14H25N3O6S2/c1-16(2)25(20,21)15-8-9-17(24(5,18)19)11-12-6-7-13(22-3)14(10-12)23-4/h6-7,10,15H,8-9,11H2,1-5H3. The Morgan fingerprint density at radius 3 is 2.12 bits per heavy atom. The number of nitrogens with one attached hydrogen (secondary N) is 1. The zero-order valence-electron chi connectivity index (χ0n) is 15.0. The minimum absolute atomic E-state index is 0.000246. The van der Waals surface area contributed by atoms with E-state index in [1.165, 1.54) is 32.6 Å². The second kappa shape index (κ2) is 8.81. The van der Waals surface area contributed by atoms with Gasteiger partial charge in [-0.1, -0.05) is 6.07 Å². The lowest BCUT2D eigenvalue weighted by Gasteiger charge is -2.21. The Bertz CT molecular complexity index is 778. The summed E-state index contributed by atoms with van der Waals surface area (Å²) in [5.41, 5.74) is 0.693. The molecule has 0 spiro atoms. The summed E-state index contributed by atoms with van der Waals surface area (Å²) in [5, 5.41) is 0. The van der Waals surface area contributed by atoms with Gasteiger partial charge in [0.05, 0.1) is 20.5 Å². The molecule has 144 valence electrons. The Kier molecular flexibility index (Phi) is 7.62. The lowest BCUT2D eigenvalue weighted by molar-refractivity contribution is 0.353. The highest BCUT2D eigenvalue weighted by atomic mass is 32.2. The Balaban J connectivity index is 2.88. The van der Waals surface area contributed by atoms with Crippen LogP contribution >= 0.6 is 0 Å². The number of sulfonamides is 1. The first kappa shape index (κ1) is 21.6.